The molecule has 0 aromatic heterocycles. The first-order valence-electron chi connectivity index (χ1n) is 8.89. The van der Waals surface area contributed by atoms with E-state index >= 15 is 0 Å². The molecule has 3 heteroatoms. The number of fused-ring (bicyclic) bond motifs is 4. The summed E-state index contributed by atoms with van der Waals surface area (Å²) in [6, 6.07) is 0. The molecule has 0 aromatic rings. The van der Waals surface area contributed by atoms with E-state index in [0.29, 0.717) is 24.2 Å². The van der Waals surface area contributed by atoms with Gasteiger partial charge in [0.1, 0.15) is 0 Å². The highest BCUT2D eigenvalue weighted by Crippen LogP contribution is 2.60. The van der Waals surface area contributed by atoms with Gasteiger partial charge in [-0.2, -0.15) is 0 Å². The van der Waals surface area contributed by atoms with Gasteiger partial charge in [0.2, 0.25) is 0 Å². The van der Waals surface area contributed by atoms with Gasteiger partial charge in [0.25, 0.3) is 0 Å². The van der Waals surface area contributed by atoms with E-state index in [2.05, 4.69) is 13.8 Å². The Labute approximate surface area is 132 Å². The van der Waals surface area contributed by atoms with E-state index in [1.54, 1.807) is 0 Å². The van der Waals surface area contributed by atoms with E-state index in [1.165, 1.54) is 16.7 Å². The number of rotatable bonds is 0. The van der Waals surface area contributed by atoms with E-state index in [0.717, 1.165) is 32.1 Å². The van der Waals surface area contributed by atoms with E-state index in [4.69, 9.17) is 0 Å². The van der Waals surface area contributed by atoms with Crippen LogP contribution >= 0.6 is 0 Å². The average Bonchev–Trinajstić information content (AvgIpc) is 2.70. The Bertz CT molecular complexity index is 549. The van der Waals surface area contributed by atoms with E-state index < -0.39 is 6.10 Å². The zero-order valence-corrected chi connectivity index (χ0v) is 13.6. The van der Waals surface area contributed by atoms with Crippen LogP contribution in [-0.4, -0.2) is 33.6 Å². The molecular weight excluding hydrogens is 276 g/mol. The molecule has 0 aliphatic heterocycles. The van der Waals surface area contributed by atoms with Crippen molar-refractivity contribution >= 4 is 0 Å². The van der Waals surface area contributed by atoms with Crippen LogP contribution in [0.5, 0.6) is 0 Å². The van der Waals surface area contributed by atoms with Gasteiger partial charge >= 0.3 is 0 Å². The van der Waals surface area contributed by atoms with Gasteiger partial charge in [-0.1, -0.05) is 31.1 Å². The van der Waals surface area contributed by atoms with Crippen molar-refractivity contribution in [2.24, 2.45) is 23.2 Å². The van der Waals surface area contributed by atoms with Crippen LogP contribution in [0.1, 0.15) is 52.4 Å². The van der Waals surface area contributed by atoms with Gasteiger partial charge in [0.05, 0.1) is 18.3 Å². The summed E-state index contributed by atoms with van der Waals surface area (Å²) in [7, 11) is 0. The fraction of sp³-hybridized carbons (Fsp3) is 0.789. The van der Waals surface area contributed by atoms with Crippen molar-refractivity contribution in [1.29, 1.82) is 0 Å². The molecule has 0 saturated heterocycles. The van der Waals surface area contributed by atoms with E-state index in [-0.39, 0.29) is 17.6 Å². The Balaban J connectivity index is 1.77. The van der Waals surface area contributed by atoms with E-state index in [1.807, 2.05) is 6.08 Å². The second-order valence-electron chi connectivity index (χ2n) is 8.36. The third-order valence-corrected chi connectivity index (χ3v) is 7.11. The Hall–Kier alpha value is -0.640. The summed E-state index contributed by atoms with van der Waals surface area (Å²) in [6.07, 6.45) is 6.56. The lowest BCUT2D eigenvalue weighted by Crippen LogP contribution is -2.43. The van der Waals surface area contributed by atoms with Crippen molar-refractivity contribution in [3.63, 3.8) is 0 Å². The second-order valence-corrected chi connectivity index (χ2v) is 8.36. The monoisotopic (exact) mass is 304 g/mol. The fourth-order valence-corrected chi connectivity index (χ4v) is 5.94. The van der Waals surface area contributed by atoms with Crippen LogP contribution in [0.2, 0.25) is 0 Å². The van der Waals surface area contributed by atoms with E-state index in [9.17, 15) is 15.3 Å². The van der Waals surface area contributed by atoms with Crippen LogP contribution < -0.4 is 0 Å². The predicted octanol–water partition coefficient (Wildman–Crippen LogP) is 2.56. The average molecular weight is 304 g/mol. The summed E-state index contributed by atoms with van der Waals surface area (Å²) < 4.78 is 0. The molecule has 4 aliphatic carbocycles. The van der Waals surface area contributed by atoms with Gasteiger partial charge < -0.3 is 15.3 Å². The Morgan fingerprint density at radius 3 is 2.73 bits per heavy atom. The second kappa shape index (κ2) is 4.93. The first-order chi connectivity index (χ1) is 10.4. The smallest absolute Gasteiger partial charge is 0.0793 e. The quantitative estimate of drug-likeness (QED) is 0.603. The maximum Gasteiger partial charge on any atom is 0.0793 e. The summed E-state index contributed by atoms with van der Waals surface area (Å²) in [5.74, 6) is 1.10. The van der Waals surface area contributed by atoms with Crippen LogP contribution in [0.3, 0.4) is 0 Å². The number of hydrogen-bond donors (Lipinski definition) is 3. The van der Waals surface area contributed by atoms with Gasteiger partial charge in [0, 0.05) is 11.3 Å². The van der Waals surface area contributed by atoms with Crippen LogP contribution in [0, 0.1) is 23.2 Å². The maximum atomic E-state index is 10.8. The molecule has 1 saturated carbocycles. The molecule has 0 bridgehead atoms. The lowest BCUT2D eigenvalue weighted by atomic mass is 9.58. The number of allylic oxidation sites excluding steroid dienone is 1. The molecule has 122 valence electrons. The first-order valence-corrected chi connectivity index (χ1v) is 8.89. The molecule has 7 atom stereocenters. The molecule has 4 aliphatic rings. The molecule has 0 amide bonds. The third kappa shape index (κ3) is 1.92. The number of aliphatic hydroxyl groups is 3. The van der Waals surface area contributed by atoms with Crippen molar-refractivity contribution in [3.05, 3.63) is 22.8 Å². The Morgan fingerprint density at radius 1 is 1.18 bits per heavy atom. The highest BCUT2D eigenvalue weighted by atomic mass is 16.3. The molecule has 4 rings (SSSR count). The zero-order valence-electron chi connectivity index (χ0n) is 13.6. The molecule has 1 fully saturated rings. The predicted molar refractivity (Wildman–Crippen MR) is 85.1 cm³/mol. The zero-order chi connectivity index (χ0) is 15.6. The topological polar surface area (TPSA) is 60.7 Å². The van der Waals surface area contributed by atoms with Crippen molar-refractivity contribution in [1.82, 2.24) is 0 Å². The molecule has 0 heterocycles. The first kappa shape index (κ1) is 14.9. The van der Waals surface area contributed by atoms with Crippen molar-refractivity contribution in [3.8, 4) is 0 Å². The molecule has 3 N–H and O–H groups in total. The molecular formula is C19H28O3. The fourth-order valence-electron chi connectivity index (χ4n) is 5.94. The van der Waals surface area contributed by atoms with Crippen molar-refractivity contribution < 1.29 is 15.3 Å². The van der Waals surface area contributed by atoms with Gasteiger partial charge in [-0.25, -0.2) is 0 Å². The van der Waals surface area contributed by atoms with Gasteiger partial charge in [-0.15, -0.1) is 0 Å². The highest BCUT2D eigenvalue weighted by Gasteiger charge is 2.55. The molecule has 2 unspecified atom stereocenters. The van der Waals surface area contributed by atoms with Crippen LogP contribution in [0.25, 0.3) is 0 Å². The molecule has 0 aromatic carbocycles. The lowest BCUT2D eigenvalue weighted by molar-refractivity contribution is 0.00872. The summed E-state index contributed by atoms with van der Waals surface area (Å²) in [4.78, 5) is 0. The lowest BCUT2D eigenvalue weighted by Gasteiger charge is -2.48. The molecule has 3 nitrogen and oxygen atoms in total. The van der Waals surface area contributed by atoms with Crippen LogP contribution in [0.4, 0.5) is 0 Å². The van der Waals surface area contributed by atoms with Crippen LogP contribution in [0.15, 0.2) is 22.8 Å². The Kier molecular flexibility index (Phi) is 3.34. The third-order valence-electron chi connectivity index (χ3n) is 7.11. The molecule has 22 heavy (non-hydrogen) atoms. The molecule has 0 spiro atoms. The summed E-state index contributed by atoms with van der Waals surface area (Å²) in [5, 5.41) is 31.3. The minimum absolute atomic E-state index is 0.0609. The number of hydrogen-bond acceptors (Lipinski definition) is 3. The van der Waals surface area contributed by atoms with Crippen molar-refractivity contribution in [2.45, 2.75) is 70.7 Å². The van der Waals surface area contributed by atoms with Gasteiger partial charge in [-0.3, -0.25) is 0 Å². The standard InChI is InChI=1S/C19H28O3/c1-10-7-15-17-14(5-6-19(15,2)18(10)22)13-4-3-12(20)8-11(13)9-16(17)21/h8,10,12-13,15-16,18,20-22H,3-7,9H2,1-2H3/t10-,12+,13?,15?,16+,18+,19+/m1/s1. The minimum atomic E-state index is -0.412. The van der Waals surface area contributed by atoms with Crippen LogP contribution in [-0.2, 0) is 0 Å². The largest absolute Gasteiger partial charge is 0.392 e. The number of aliphatic hydroxyl groups excluding tert-OH is 3. The Morgan fingerprint density at radius 2 is 1.95 bits per heavy atom. The highest BCUT2D eigenvalue weighted by molar-refractivity contribution is 5.41. The summed E-state index contributed by atoms with van der Waals surface area (Å²) in [5.41, 5.74) is 3.89. The molecule has 0 radical (unpaired) electrons. The summed E-state index contributed by atoms with van der Waals surface area (Å²) in [6.45, 7) is 4.37. The van der Waals surface area contributed by atoms with Crippen molar-refractivity contribution in [2.75, 3.05) is 0 Å². The van der Waals surface area contributed by atoms with Gasteiger partial charge in [-0.05, 0) is 55.9 Å². The van der Waals surface area contributed by atoms with Gasteiger partial charge in [0.15, 0.2) is 0 Å². The normalized spacial score (nSPS) is 51.0. The maximum absolute atomic E-state index is 10.8. The minimum Gasteiger partial charge on any atom is -0.392 e. The SMILES string of the molecule is C[C@@H]1CC2C3=C(CC[C@]2(C)[C@H]1O)C1CC[C@H](O)C=C1C[C@@H]3O. The summed E-state index contributed by atoms with van der Waals surface area (Å²) >= 11 is 0.